The largest absolute Gasteiger partial charge is 0.379 e. The van der Waals surface area contributed by atoms with Gasteiger partial charge in [0, 0.05) is 26.2 Å². The Hall–Kier alpha value is -1.59. The van der Waals surface area contributed by atoms with E-state index in [9.17, 15) is 4.79 Å². The van der Waals surface area contributed by atoms with Gasteiger partial charge >= 0.3 is 6.03 Å². The molecule has 2 amide bonds. The Morgan fingerprint density at radius 1 is 1.22 bits per heavy atom. The molecular weight excluding hydrogens is 290 g/mol. The molecule has 5 nitrogen and oxygen atoms in total. The van der Waals surface area contributed by atoms with Gasteiger partial charge in [0.1, 0.15) is 0 Å². The van der Waals surface area contributed by atoms with E-state index in [0.717, 1.165) is 32.8 Å². The molecule has 2 aliphatic rings. The summed E-state index contributed by atoms with van der Waals surface area (Å²) in [5, 5.41) is 6.18. The molecule has 5 heteroatoms. The number of hydrogen-bond acceptors (Lipinski definition) is 3. The van der Waals surface area contributed by atoms with Crippen LogP contribution in [0.5, 0.6) is 0 Å². The first-order chi connectivity index (χ1) is 11.3. The number of benzene rings is 1. The van der Waals surface area contributed by atoms with Gasteiger partial charge in [-0.2, -0.15) is 0 Å². The van der Waals surface area contributed by atoms with Gasteiger partial charge in [-0.05, 0) is 24.3 Å². The molecule has 1 saturated carbocycles. The van der Waals surface area contributed by atoms with Gasteiger partial charge in [0.15, 0.2) is 0 Å². The molecule has 3 rings (SSSR count). The van der Waals surface area contributed by atoms with Crippen molar-refractivity contribution in [2.45, 2.75) is 25.3 Å². The van der Waals surface area contributed by atoms with Crippen molar-refractivity contribution in [2.75, 3.05) is 39.4 Å². The lowest BCUT2D eigenvalue weighted by Gasteiger charge is -2.34. The lowest BCUT2D eigenvalue weighted by atomic mass is 9.77. The summed E-state index contributed by atoms with van der Waals surface area (Å²) in [5.41, 5.74) is 1.21. The first kappa shape index (κ1) is 16.3. The minimum atomic E-state index is -0.0565. The van der Waals surface area contributed by atoms with E-state index in [1.807, 2.05) is 18.2 Å². The highest BCUT2D eigenvalue weighted by Crippen LogP contribution is 2.37. The first-order valence-corrected chi connectivity index (χ1v) is 8.72. The molecule has 2 N–H and O–H groups in total. The maximum absolute atomic E-state index is 12.2. The second kappa shape index (κ2) is 8.31. The molecule has 0 radical (unpaired) electrons. The van der Waals surface area contributed by atoms with E-state index >= 15 is 0 Å². The van der Waals surface area contributed by atoms with Crippen LogP contribution in [0.2, 0.25) is 0 Å². The Morgan fingerprint density at radius 3 is 2.61 bits per heavy atom. The Labute approximate surface area is 138 Å². The van der Waals surface area contributed by atoms with Crippen LogP contribution in [0.1, 0.15) is 30.9 Å². The minimum absolute atomic E-state index is 0.0565. The summed E-state index contributed by atoms with van der Waals surface area (Å²) < 4.78 is 5.33. The average Bonchev–Trinajstić information content (AvgIpc) is 2.54. The highest BCUT2D eigenvalue weighted by atomic mass is 16.5. The highest BCUT2D eigenvalue weighted by molar-refractivity contribution is 5.74. The molecule has 0 spiro atoms. The molecule has 126 valence electrons. The monoisotopic (exact) mass is 317 g/mol. The molecular formula is C18H27N3O2. The summed E-state index contributed by atoms with van der Waals surface area (Å²) in [5.74, 6) is 0.572. The van der Waals surface area contributed by atoms with E-state index in [-0.39, 0.29) is 12.1 Å². The summed E-state index contributed by atoms with van der Waals surface area (Å²) >= 11 is 0. The van der Waals surface area contributed by atoms with Gasteiger partial charge in [0.2, 0.25) is 0 Å². The van der Waals surface area contributed by atoms with E-state index in [0.29, 0.717) is 12.5 Å². The van der Waals surface area contributed by atoms with Crippen LogP contribution in [0, 0.1) is 5.92 Å². The number of nitrogens with zero attached hydrogens (tertiary/aromatic N) is 1. The number of rotatable bonds is 6. The maximum Gasteiger partial charge on any atom is 0.315 e. The maximum atomic E-state index is 12.2. The fourth-order valence-electron chi connectivity index (χ4n) is 3.25. The van der Waals surface area contributed by atoms with Crippen molar-refractivity contribution < 1.29 is 9.53 Å². The van der Waals surface area contributed by atoms with Gasteiger partial charge in [0.25, 0.3) is 0 Å². The van der Waals surface area contributed by atoms with Crippen molar-refractivity contribution in [3.05, 3.63) is 35.9 Å². The molecule has 1 atom stereocenters. The molecule has 0 unspecified atom stereocenters. The SMILES string of the molecule is O=C(NCCN1CCOCC1)N[C@@H](c1ccccc1)C1CCC1. The van der Waals surface area contributed by atoms with Crippen molar-refractivity contribution in [1.29, 1.82) is 0 Å². The fraction of sp³-hybridized carbons (Fsp3) is 0.611. The lowest BCUT2D eigenvalue weighted by molar-refractivity contribution is 0.0387. The minimum Gasteiger partial charge on any atom is -0.379 e. The molecule has 1 aliphatic heterocycles. The summed E-state index contributed by atoms with van der Waals surface area (Å²) in [6, 6.07) is 10.4. The van der Waals surface area contributed by atoms with Gasteiger partial charge in [0.05, 0.1) is 19.3 Å². The Bertz CT molecular complexity index is 484. The molecule has 23 heavy (non-hydrogen) atoms. The number of nitrogens with one attached hydrogen (secondary N) is 2. The topological polar surface area (TPSA) is 53.6 Å². The van der Waals surface area contributed by atoms with Crippen LogP contribution in [-0.4, -0.2) is 50.3 Å². The van der Waals surface area contributed by atoms with Crippen molar-refractivity contribution in [1.82, 2.24) is 15.5 Å². The number of amides is 2. The van der Waals surface area contributed by atoms with Crippen LogP contribution in [0.15, 0.2) is 30.3 Å². The third-order valence-corrected chi connectivity index (χ3v) is 4.88. The van der Waals surface area contributed by atoms with Gasteiger partial charge in [-0.15, -0.1) is 0 Å². The van der Waals surface area contributed by atoms with Crippen molar-refractivity contribution >= 4 is 6.03 Å². The quantitative estimate of drug-likeness (QED) is 0.845. The molecule has 2 fully saturated rings. The summed E-state index contributed by atoms with van der Waals surface area (Å²) in [4.78, 5) is 14.6. The zero-order chi connectivity index (χ0) is 15.9. The van der Waals surface area contributed by atoms with Gasteiger partial charge < -0.3 is 15.4 Å². The summed E-state index contributed by atoms with van der Waals surface area (Å²) in [7, 11) is 0. The zero-order valence-corrected chi connectivity index (χ0v) is 13.7. The predicted molar refractivity (Wildman–Crippen MR) is 90.3 cm³/mol. The summed E-state index contributed by atoms with van der Waals surface area (Å²) in [6.07, 6.45) is 3.68. The molecule has 1 aliphatic carbocycles. The first-order valence-electron chi connectivity index (χ1n) is 8.72. The van der Waals surface area contributed by atoms with Gasteiger partial charge in [-0.25, -0.2) is 4.79 Å². The van der Waals surface area contributed by atoms with E-state index in [1.54, 1.807) is 0 Å². The van der Waals surface area contributed by atoms with Crippen LogP contribution in [0.25, 0.3) is 0 Å². The second-order valence-electron chi connectivity index (χ2n) is 6.43. The van der Waals surface area contributed by atoms with Crippen LogP contribution < -0.4 is 10.6 Å². The fourth-order valence-corrected chi connectivity index (χ4v) is 3.25. The third-order valence-electron chi connectivity index (χ3n) is 4.88. The van der Waals surface area contributed by atoms with E-state index in [1.165, 1.54) is 24.8 Å². The number of morpholine rings is 1. The van der Waals surface area contributed by atoms with Crippen LogP contribution >= 0.6 is 0 Å². The number of urea groups is 1. The number of carbonyl (C=O) groups excluding carboxylic acids is 1. The molecule has 1 aromatic rings. The van der Waals surface area contributed by atoms with E-state index in [4.69, 9.17) is 4.74 Å². The zero-order valence-electron chi connectivity index (χ0n) is 13.7. The normalized spacial score (nSPS) is 20.5. The van der Waals surface area contributed by atoms with Crippen molar-refractivity contribution in [3.8, 4) is 0 Å². The van der Waals surface area contributed by atoms with Crippen molar-refractivity contribution in [3.63, 3.8) is 0 Å². The van der Waals surface area contributed by atoms with Crippen LogP contribution in [0.4, 0.5) is 4.79 Å². The smallest absolute Gasteiger partial charge is 0.315 e. The van der Waals surface area contributed by atoms with E-state index < -0.39 is 0 Å². The van der Waals surface area contributed by atoms with Crippen molar-refractivity contribution in [2.24, 2.45) is 5.92 Å². The van der Waals surface area contributed by atoms with Crippen LogP contribution in [0.3, 0.4) is 0 Å². The lowest BCUT2D eigenvalue weighted by Crippen LogP contribution is -2.46. The Morgan fingerprint density at radius 2 is 1.96 bits per heavy atom. The Kier molecular flexibility index (Phi) is 5.88. The Balaban J connectivity index is 1.46. The molecule has 0 bridgehead atoms. The number of ether oxygens (including phenoxy) is 1. The third kappa shape index (κ3) is 4.69. The molecule has 0 aromatic heterocycles. The number of hydrogen-bond donors (Lipinski definition) is 2. The number of carbonyl (C=O) groups is 1. The van der Waals surface area contributed by atoms with Gasteiger partial charge in [-0.3, -0.25) is 4.90 Å². The van der Waals surface area contributed by atoms with Gasteiger partial charge in [-0.1, -0.05) is 36.8 Å². The molecule has 1 aromatic carbocycles. The molecule has 1 heterocycles. The summed E-state index contributed by atoms with van der Waals surface area (Å²) in [6.45, 7) is 5.07. The highest BCUT2D eigenvalue weighted by Gasteiger charge is 2.29. The second-order valence-corrected chi connectivity index (χ2v) is 6.43. The molecule has 1 saturated heterocycles. The van der Waals surface area contributed by atoms with E-state index in [2.05, 4.69) is 27.7 Å². The predicted octanol–water partition coefficient (Wildman–Crippen LogP) is 2.16. The standard InChI is InChI=1S/C18H27N3O2/c22-18(19-9-10-21-11-13-23-14-12-21)20-17(16-7-4-8-16)15-5-2-1-3-6-15/h1-3,5-6,16-17H,4,7-14H2,(H2,19,20,22)/t17-/m0/s1. The van der Waals surface area contributed by atoms with Crippen LogP contribution in [-0.2, 0) is 4.74 Å². The average molecular weight is 317 g/mol.